The van der Waals surface area contributed by atoms with E-state index < -0.39 is 9.84 Å². The Morgan fingerprint density at radius 2 is 1.87 bits per heavy atom. The van der Waals surface area contributed by atoms with Gasteiger partial charge in [-0.1, -0.05) is 20.3 Å². The molecule has 15 heavy (non-hydrogen) atoms. The number of hydrogen-bond donors (Lipinski definition) is 1. The van der Waals surface area contributed by atoms with E-state index in [0.29, 0.717) is 17.7 Å². The largest absolute Gasteiger partial charge is 0.314 e. The van der Waals surface area contributed by atoms with Crippen LogP contribution in [0.1, 0.15) is 40.0 Å². The third-order valence-electron chi connectivity index (χ3n) is 2.81. The maximum absolute atomic E-state index is 11.1. The Bertz CT molecular complexity index is 249. The third kappa shape index (κ3) is 7.79. The second-order valence-corrected chi connectivity index (χ2v) is 6.59. The summed E-state index contributed by atoms with van der Waals surface area (Å²) in [5, 5.41) is 3.42. The Kier molecular flexibility index (Phi) is 7.18. The summed E-state index contributed by atoms with van der Waals surface area (Å²) in [7, 11) is -2.81. The molecular weight excluding hydrogens is 210 g/mol. The molecule has 0 radical (unpaired) electrons. The topological polar surface area (TPSA) is 46.2 Å². The molecule has 0 amide bonds. The van der Waals surface area contributed by atoms with E-state index in [1.165, 1.54) is 6.26 Å². The lowest BCUT2D eigenvalue weighted by Crippen LogP contribution is -2.34. The zero-order valence-corrected chi connectivity index (χ0v) is 11.2. The molecule has 2 unspecified atom stereocenters. The van der Waals surface area contributed by atoms with Crippen molar-refractivity contribution in [2.45, 2.75) is 46.1 Å². The van der Waals surface area contributed by atoms with Gasteiger partial charge in [-0.05, 0) is 32.2 Å². The van der Waals surface area contributed by atoms with Crippen LogP contribution < -0.4 is 5.32 Å². The van der Waals surface area contributed by atoms with E-state index in [9.17, 15) is 8.42 Å². The van der Waals surface area contributed by atoms with Gasteiger partial charge in [-0.25, -0.2) is 8.42 Å². The summed E-state index contributed by atoms with van der Waals surface area (Å²) < 4.78 is 22.1. The first kappa shape index (κ1) is 14.9. The second kappa shape index (κ2) is 7.23. The highest BCUT2D eigenvalue weighted by Crippen LogP contribution is 2.14. The molecule has 0 aliphatic carbocycles. The highest BCUT2D eigenvalue weighted by molar-refractivity contribution is 7.90. The van der Waals surface area contributed by atoms with Crippen LogP contribution >= 0.6 is 0 Å². The van der Waals surface area contributed by atoms with Crippen molar-refractivity contribution in [3.63, 3.8) is 0 Å². The first-order chi connectivity index (χ1) is 6.90. The Hall–Kier alpha value is -0.0900. The van der Waals surface area contributed by atoms with Crippen molar-refractivity contribution in [1.82, 2.24) is 5.32 Å². The predicted octanol–water partition coefficient (Wildman–Crippen LogP) is 1.84. The van der Waals surface area contributed by atoms with Gasteiger partial charge < -0.3 is 5.32 Å². The normalized spacial score (nSPS) is 16.3. The molecule has 92 valence electrons. The monoisotopic (exact) mass is 235 g/mol. The van der Waals surface area contributed by atoms with Gasteiger partial charge in [0.25, 0.3) is 0 Å². The second-order valence-electron chi connectivity index (χ2n) is 4.33. The summed E-state index contributed by atoms with van der Waals surface area (Å²) >= 11 is 0. The maximum atomic E-state index is 11.1. The van der Waals surface area contributed by atoms with Crippen molar-refractivity contribution in [1.29, 1.82) is 0 Å². The summed E-state index contributed by atoms with van der Waals surface area (Å²) in [5.41, 5.74) is 0. The predicted molar refractivity (Wildman–Crippen MR) is 65.9 cm³/mol. The van der Waals surface area contributed by atoms with Crippen molar-refractivity contribution >= 4 is 9.84 Å². The lowest BCUT2D eigenvalue weighted by Gasteiger charge is -2.23. The van der Waals surface area contributed by atoms with Crippen LogP contribution in [-0.2, 0) is 9.84 Å². The van der Waals surface area contributed by atoms with E-state index in [1.54, 1.807) is 0 Å². The average molecular weight is 235 g/mol. The zero-order chi connectivity index (χ0) is 11.9. The van der Waals surface area contributed by atoms with E-state index in [2.05, 4.69) is 26.1 Å². The van der Waals surface area contributed by atoms with Crippen molar-refractivity contribution in [2.24, 2.45) is 5.92 Å². The molecule has 0 spiro atoms. The first-order valence-electron chi connectivity index (χ1n) is 5.81. The molecule has 0 rings (SSSR count). The molecule has 0 aliphatic heterocycles. The van der Waals surface area contributed by atoms with E-state index in [1.807, 2.05) is 0 Å². The number of rotatable bonds is 8. The van der Waals surface area contributed by atoms with Crippen LogP contribution in [0.4, 0.5) is 0 Å². The van der Waals surface area contributed by atoms with Gasteiger partial charge in [0.2, 0.25) is 0 Å². The summed E-state index contributed by atoms with van der Waals surface area (Å²) in [6.07, 6.45) is 4.23. The Balaban J connectivity index is 4.01. The van der Waals surface area contributed by atoms with Crippen LogP contribution in [0.3, 0.4) is 0 Å². The molecule has 2 atom stereocenters. The molecule has 3 nitrogen and oxygen atoms in total. The average Bonchev–Trinajstić information content (AvgIpc) is 2.13. The van der Waals surface area contributed by atoms with Gasteiger partial charge in [0.15, 0.2) is 0 Å². The number of sulfone groups is 1. The summed E-state index contributed by atoms with van der Waals surface area (Å²) in [6.45, 7) is 7.41. The number of hydrogen-bond acceptors (Lipinski definition) is 3. The Labute approximate surface area is 94.6 Å². The highest BCUT2D eigenvalue weighted by Gasteiger charge is 2.16. The molecule has 4 heteroatoms. The smallest absolute Gasteiger partial charge is 0.147 e. The fraction of sp³-hybridized carbons (Fsp3) is 1.00. The van der Waals surface area contributed by atoms with Gasteiger partial charge in [-0.3, -0.25) is 0 Å². The molecule has 0 heterocycles. The van der Waals surface area contributed by atoms with E-state index in [-0.39, 0.29) is 0 Å². The van der Waals surface area contributed by atoms with Gasteiger partial charge >= 0.3 is 0 Å². The summed E-state index contributed by atoms with van der Waals surface area (Å²) in [5.74, 6) is 0.773. The molecule has 0 aliphatic rings. The van der Waals surface area contributed by atoms with E-state index in [4.69, 9.17) is 0 Å². The Morgan fingerprint density at radius 3 is 2.27 bits per heavy atom. The SMILES string of the molecule is CCCNC(C)C(CC)CCS(C)(=O)=O. The minimum atomic E-state index is -2.81. The standard InChI is InChI=1S/C11H25NO2S/c1-5-8-12-10(3)11(6-2)7-9-15(4,13)14/h10-12H,5-9H2,1-4H3. The molecule has 0 aromatic carbocycles. The Morgan fingerprint density at radius 1 is 1.27 bits per heavy atom. The van der Waals surface area contributed by atoms with Crippen LogP contribution in [0, 0.1) is 5.92 Å². The van der Waals surface area contributed by atoms with Gasteiger partial charge in [-0.15, -0.1) is 0 Å². The summed E-state index contributed by atoms with van der Waals surface area (Å²) in [4.78, 5) is 0. The van der Waals surface area contributed by atoms with Crippen LogP contribution in [0.25, 0.3) is 0 Å². The highest BCUT2D eigenvalue weighted by atomic mass is 32.2. The van der Waals surface area contributed by atoms with Gasteiger partial charge in [0.1, 0.15) is 9.84 Å². The molecule has 0 saturated carbocycles. The van der Waals surface area contributed by atoms with Crippen LogP contribution in [0.2, 0.25) is 0 Å². The molecule has 0 aromatic rings. The third-order valence-corrected chi connectivity index (χ3v) is 3.78. The van der Waals surface area contributed by atoms with Gasteiger partial charge in [0, 0.05) is 12.3 Å². The zero-order valence-electron chi connectivity index (χ0n) is 10.4. The molecule has 1 N–H and O–H groups in total. The minimum absolute atomic E-state index is 0.309. The van der Waals surface area contributed by atoms with Crippen LogP contribution in [0.5, 0.6) is 0 Å². The molecule has 0 aromatic heterocycles. The lowest BCUT2D eigenvalue weighted by atomic mass is 9.95. The first-order valence-corrected chi connectivity index (χ1v) is 7.87. The van der Waals surface area contributed by atoms with Gasteiger partial charge in [-0.2, -0.15) is 0 Å². The quantitative estimate of drug-likeness (QED) is 0.698. The molecule has 0 fully saturated rings. The molecular formula is C11H25NO2S. The van der Waals surface area contributed by atoms with E-state index >= 15 is 0 Å². The van der Waals surface area contributed by atoms with Crippen molar-refractivity contribution in [2.75, 3.05) is 18.6 Å². The van der Waals surface area contributed by atoms with Crippen LogP contribution in [0.15, 0.2) is 0 Å². The molecule has 0 saturated heterocycles. The van der Waals surface area contributed by atoms with Crippen molar-refractivity contribution < 1.29 is 8.42 Å². The fourth-order valence-corrected chi connectivity index (χ4v) is 2.44. The molecule has 0 bridgehead atoms. The fourth-order valence-electron chi connectivity index (χ4n) is 1.71. The number of nitrogens with one attached hydrogen (secondary N) is 1. The van der Waals surface area contributed by atoms with E-state index in [0.717, 1.165) is 25.8 Å². The summed E-state index contributed by atoms with van der Waals surface area (Å²) in [6, 6.07) is 0.414. The minimum Gasteiger partial charge on any atom is -0.314 e. The van der Waals surface area contributed by atoms with Crippen molar-refractivity contribution in [3.05, 3.63) is 0 Å². The van der Waals surface area contributed by atoms with Crippen LogP contribution in [-0.4, -0.2) is 33.0 Å². The van der Waals surface area contributed by atoms with Gasteiger partial charge in [0.05, 0.1) is 5.75 Å². The van der Waals surface area contributed by atoms with Crippen molar-refractivity contribution in [3.8, 4) is 0 Å². The lowest BCUT2D eigenvalue weighted by molar-refractivity contribution is 0.355. The maximum Gasteiger partial charge on any atom is 0.147 e.